The molecule has 2 aliphatic rings. The molecule has 1 saturated carbocycles. The zero-order valence-corrected chi connectivity index (χ0v) is 13.3. The fraction of sp³-hybridized carbons (Fsp3) is 0.667. The van der Waals surface area contributed by atoms with Gasteiger partial charge in [0.05, 0.1) is 7.11 Å². The van der Waals surface area contributed by atoms with Gasteiger partial charge in [-0.15, -0.1) is 0 Å². The fourth-order valence-corrected chi connectivity index (χ4v) is 4.44. The highest BCUT2D eigenvalue weighted by Gasteiger charge is 2.37. The number of hydrogen-bond acceptors (Lipinski definition) is 3. The maximum absolute atomic E-state index is 6.01. The second-order valence-electron chi connectivity index (χ2n) is 6.44. The van der Waals surface area contributed by atoms with E-state index in [0.717, 1.165) is 18.8 Å². The van der Waals surface area contributed by atoms with Crippen molar-refractivity contribution in [3.8, 4) is 5.75 Å². The lowest BCUT2D eigenvalue weighted by molar-refractivity contribution is 0.114. The normalized spacial score (nSPS) is 28.1. The van der Waals surface area contributed by atoms with Crippen LogP contribution >= 0.6 is 0 Å². The van der Waals surface area contributed by atoms with Gasteiger partial charge in [0.2, 0.25) is 0 Å². The molecule has 0 amide bonds. The predicted octanol–water partition coefficient (Wildman–Crippen LogP) is 3.13. The number of nitrogens with zero attached hydrogens (tertiary/aromatic N) is 1. The van der Waals surface area contributed by atoms with Crippen LogP contribution in [0.3, 0.4) is 0 Å². The molecular formula is C18H28N2O. The van der Waals surface area contributed by atoms with E-state index in [9.17, 15) is 0 Å². The van der Waals surface area contributed by atoms with Gasteiger partial charge in [0, 0.05) is 12.1 Å². The molecule has 0 radical (unpaired) electrons. The summed E-state index contributed by atoms with van der Waals surface area (Å²) in [5.74, 6) is 1.66. The number of ether oxygens (including phenoxy) is 1. The van der Waals surface area contributed by atoms with Gasteiger partial charge in [-0.3, -0.25) is 4.90 Å². The van der Waals surface area contributed by atoms with E-state index < -0.39 is 0 Å². The topological polar surface area (TPSA) is 38.5 Å². The summed E-state index contributed by atoms with van der Waals surface area (Å²) in [6.07, 6.45) is 6.38. The molecule has 0 aliphatic heterocycles. The van der Waals surface area contributed by atoms with Crippen molar-refractivity contribution in [1.29, 1.82) is 0 Å². The standard InChI is InChI=1S/C18H28N2O/c1-3-20(17-6-4-5-14(17)12-19)18-10-8-13-7-9-15(21-2)11-16(13)18/h7,9,11,14,17-18H,3-6,8,10,12,19H2,1-2H3. The smallest absolute Gasteiger partial charge is 0.119 e. The Morgan fingerprint density at radius 1 is 1.29 bits per heavy atom. The van der Waals surface area contributed by atoms with Crippen LogP contribution in [0.4, 0.5) is 0 Å². The molecular weight excluding hydrogens is 260 g/mol. The Hall–Kier alpha value is -1.06. The van der Waals surface area contributed by atoms with E-state index in [-0.39, 0.29) is 0 Å². The molecule has 3 nitrogen and oxygen atoms in total. The first-order chi connectivity index (χ1) is 10.3. The molecule has 3 unspecified atom stereocenters. The number of fused-ring (bicyclic) bond motifs is 1. The fourth-order valence-electron chi connectivity index (χ4n) is 4.44. The minimum absolute atomic E-state index is 0.553. The Balaban J connectivity index is 1.87. The molecule has 1 fully saturated rings. The van der Waals surface area contributed by atoms with E-state index in [1.807, 2.05) is 0 Å². The minimum atomic E-state index is 0.553. The Morgan fingerprint density at radius 3 is 2.86 bits per heavy atom. The lowest BCUT2D eigenvalue weighted by Crippen LogP contribution is -2.42. The molecule has 2 aliphatic carbocycles. The van der Waals surface area contributed by atoms with Crippen LogP contribution in [-0.4, -0.2) is 31.1 Å². The molecule has 2 N–H and O–H groups in total. The summed E-state index contributed by atoms with van der Waals surface area (Å²) >= 11 is 0. The number of nitrogens with two attached hydrogens (primary N) is 1. The van der Waals surface area contributed by atoms with Gasteiger partial charge in [-0.1, -0.05) is 19.4 Å². The van der Waals surface area contributed by atoms with Crippen LogP contribution in [0.15, 0.2) is 18.2 Å². The van der Waals surface area contributed by atoms with Gasteiger partial charge in [-0.25, -0.2) is 0 Å². The van der Waals surface area contributed by atoms with E-state index in [2.05, 4.69) is 30.0 Å². The van der Waals surface area contributed by atoms with Gasteiger partial charge in [-0.05, 0) is 68.0 Å². The van der Waals surface area contributed by atoms with Crippen LogP contribution in [0.1, 0.15) is 49.8 Å². The molecule has 1 aromatic carbocycles. The molecule has 0 saturated heterocycles. The van der Waals surface area contributed by atoms with Crippen molar-refractivity contribution in [2.75, 3.05) is 20.2 Å². The molecule has 3 rings (SSSR count). The molecule has 1 aromatic rings. The maximum Gasteiger partial charge on any atom is 0.119 e. The number of hydrogen-bond donors (Lipinski definition) is 1. The van der Waals surface area contributed by atoms with Crippen molar-refractivity contribution in [1.82, 2.24) is 4.90 Å². The summed E-state index contributed by atoms with van der Waals surface area (Å²) in [6.45, 7) is 4.24. The number of rotatable bonds is 5. The van der Waals surface area contributed by atoms with E-state index in [1.54, 1.807) is 7.11 Å². The summed E-state index contributed by atoms with van der Waals surface area (Å²) in [5, 5.41) is 0. The van der Waals surface area contributed by atoms with Gasteiger partial charge in [0.25, 0.3) is 0 Å². The van der Waals surface area contributed by atoms with Crippen LogP contribution in [-0.2, 0) is 6.42 Å². The third-order valence-corrected chi connectivity index (χ3v) is 5.51. The zero-order valence-electron chi connectivity index (χ0n) is 13.3. The van der Waals surface area contributed by atoms with Gasteiger partial charge in [-0.2, -0.15) is 0 Å². The van der Waals surface area contributed by atoms with Crippen LogP contribution in [0.25, 0.3) is 0 Å². The molecule has 0 heterocycles. The zero-order chi connectivity index (χ0) is 14.8. The molecule has 0 bridgehead atoms. The average Bonchev–Trinajstić information content (AvgIpc) is 3.15. The summed E-state index contributed by atoms with van der Waals surface area (Å²) in [6, 6.07) is 7.81. The van der Waals surface area contributed by atoms with Gasteiger partial charge in [0.15, 0.2) is 0 Å². The Kier molecular flexibility index (Phi) is 4.51. The lowest BCUT2D eigenvalue weighted by Gasteiger charge is -2.37. The van der Waals surface area contributed by atoms with Crippen LogP contribution in [0.2, 0.25) is 0 Å². The minimum Gasteiger partial charge on any atom is -0.497 e. The van der Waals surface area contributed by atoms with Gasteiger partial charge in [0.1, 0.15) is 5.75 Å². The molecule has 116 valence electrons. The van der Waals surface area contributed by atoms with Crippen molar-refractivity contribution in [2.45, 2.75) is 51.1 Å². The largest absolute Gasteiger partial charge is 0.497 e. The molecule has 3 heteroatoms. The highest BCUT2D eigenvalue weighted by Crippen LogP contribution is 2.42. The Labute approximate surface area is 128 Å². The number of methoxy groups -OCH3 is 1. The highest BCUT2D eigenvalue weighted by atomic mass is 16.5. The van der Waals surface area contributed by atoms with E-state index >= 15 is 0 Å². The molecule has 0 aromatic heterocycles. The van der Waals surface area contributed by atoms with E-state index in [4.69, 9.17) is 10.5 Å². The Bertz CT molecular complexity index is 488. The van der Waals surface area contributed by atoms with Gasteiger partial charge < -0.3 is 10.5 Å². The van der Waals surface area contributed by atoms with Crippen LogP contribution in [0, 0.1) is 5.92 Å². The monoisotopic (exact) mass is 288 g/mol. The lowest BCUT2D eigenvalue weighted by atomic mass is 9.98. The second-order valence-corrected chi connectivity index (χ2v) is 6.44. The summed E-state index contributed by atoms with van der Waals surface area (Å²) in [5.41, 5.74) is 9.00. The average molecular weight is 288 g/mol. The SMILES string of the molecule is CCN(C1CCc2ccc(OC)cc21)C1CCCC1CN. The van der Waals surface area contributed by atoms with Crippen molar-refractivity contribution >= 4 is 0 Å². The first kappa shape index (κ1) is 14.9. The quantitative estimate of drug-likeness (QED) is 0.904. The number of aryl methyl sites for hydroxylation is 1. The second kappa shape index (κ2) is 6.37. The van der Waals surface area contributed by atoms with Crippen molar-refractivity contribution in [3.63, 3.8) is 0 Å². The number of benzene rings is 1. The third kappa shape index (κ3) is 2.69. The molecule has 21 heavy (non-hydrogen) atoms. The highest BCUT2D eigenvalue weighted by molar-refractivity contribution is 5.41. The molecule has 0 spiro atoms. The van der Waals surface area contributed by atoms with Crippen molar-refractivity contribution in [3.05, 3.63) is 29.3 Å². The Morgan fingerprint density at radius 2 is 2.14 bits per heavy atom. The predicted molar refractivity (Wildman–Crippen MR) is 86.6 cm³/mol. The van der Waals surface area contributed by atoms with Crippen molar-refractivity contribution in [2.24, 2.45) is 11.7 Å². The van der Waals surface area contributed by atoms with Crippen LogP contribution < -0.4 is 10.5 Å². The first-order valence-corrected chi connectivity index (χ1v) is 8.41. The summed E-state index contributed by atoms with van der Waals surface area (Å²) < 4.78 is 5.43. The van der Waals surface area contributed by atoms with E-state index in [0.29, 0.717) is 18.0 Å². The van der Waals surface area contributed by atoms with Crippen LogP contribution in [0.5, 0.6) is 5.75 Å². The van der Waals surface area contributed by atoms with Gasteiger partial charge >= 0.3 is 0 Å². The third-order valence-electron chi connectivity index (χ3n) is 5.51. The summed E-state index contributed by atoms with van der Waals surface area (Å²) in [7, 11) is 1.75. The molecule has 3 atom stereocenters. The van der Waals surface area contributed by atoms with E-state index in [1.165, 1.54) is 43.2 Å². The summed E-state index contributed by atoms with van der Waals surface area (Å²) in [4.78, 5) is 2.72. The first-order valence-electron chi connectivity index (χ1n) is 8.41. The van der Waals surface area contributed by atoms with Crippen molar-refractivity contribution < 1.29 is 4.74 Å². The maximum atomic E-state index is 6.01.